The van der Waals surface area contributed by atoms with Gasteiger partial charge in [0, 0.05) is 6.07 Å². The van der Waals surface area contributed by atoms with Crippen molar-refractivity contribution in [3.8, 4) is 0 Å². The van der Waals surface area contributed by atoms with Gasteiger partial charge in [0.2, 0.25) is 0 Å². The molecule has 7 heteroatoms. The van der Waals surface area contributed by atoms with E-state index in [4.69, 9.17) is 0 Å². The Kier molecular flexibility index (Phi) is 3.33. The molecule has 0 aliphatic heterocycles. The summed E-state index contributed by atoms with van der Waals surface area (Å²) >= 11 is 1.20. The van der Waals surface area contributed by atoms with E-state index in [1.54, 1.807) is 24.6 Å². The molecule has 1 N–H and O–H groups in total. The van der Waals surface area contributed by atoms with Gasteiger partial charge in [0.15, 0.2) is 0 Å². The number of carbonyl (C=O) groups excluding carboxylic acids is 1. The molecule has 0 unspecified atom stereocenters. The average molecular weight is 263 g/mol. The van der Waals surface area contributed by atoms with Gasteiger partial charge in [-0.1, -0.05) is 12.1 Å². The van der Waals surface area contributed by atoms with Crippen LogP contribution in [0.1, 0.15) is 15.4 Å². The number of nitrogens with one attached hydrogen (secondary N) is 1. The monoisotopic (exact) mass is 263 g/mol. The number of hydrogen-bond acceptors (Lipinski definition) is 5. The maximum atomic E-state index is 11.9. The number of benzene rings is 1. The van der Waals surface area contributed by atoms with Crippen molar-refractivity contribution >= 4 is 28.6 Å². The summed E-state index contributed by atoms with van der Waals surface area (Å²) in [4.78, 5) is 26.6. The number of rotatable bonds is 3. The Morgan fingerprint density at radius 3 is 2.78 bits per heavy atom. The maximum absolute atomic E-state index is 11.9. The van der Waals surface area contributed by atoms with Crippen molar-refractivity contribution in [2.75, 3.05) is 5.32 Å². The number of nitrogens with zero attached hydrogens (tertiary/aromatic N) is 2. The number of para-hydroxylation sites is 2. The van der Waals surface area contributed by atoms with Crippen LogP contribution in [-0.2, 0) is 0 Å². The van der Waals surface area contributed by atoms with Crippen LogP contribution in [0.4, 0.5) is 11.4 Å². The summed E-state index contributed by atoms with van der Waals surface area (Å²) in [6.45, 7) is 1.71. The van der Waals surface area contributed by atoms with Gasteiger partial charge in [-0.3, -0.25) is 14.9 Å². The smallest absolute Gasteiger partial charge is 0.292 e. The van der Waals surface area contributed by atoms with Crippen LogP contribution in [0.5, 0.6) is 0 Å². The molecule has 0 bridgehead atoms. The zero-order valence-corrected chi connectivity index (χ0v) is 10.2. The Morgan fingerprint density at radius 1 is 1.44 bits per heavy atom. The Labute approximate surface area is 106 Å². The first kappa shape index (κ1) is 12.2. The molecule has 1 aromatic heterocycles. The molecule has 1 aromatic carbocycles. The molecule has 0 aliphatic carbocycles. The number of thiazole rings is 1. The molecule has 0 saturated heterocycles. The quantitative estimate of drug-likeness (QED) is 0.681. The predicted molar refractivity (Wildman–Crippen MR) is 67.9 cm³/mol. The third-order valence-corrected chi connectivity index (χ3v) is 3.23. The lowest BCUT2D eigenvalue weighted by molar-refractivity contribution is -0.383. The van der Waals surface area contributed by atoms with E-state index >= 15 is 0 Å². The Morgan fingerprint density at radius 2 is 2.17 bits per heavy atom. The van der Waals surface area contributed by atoms with Crippen LogP contribution in [0.15, 0.2) is 29.8 Å². The minimum Gasteiger partial charge on any atom is -0.315 e. The largest absolute Gasteiger partial charge is 0.315 e. The first-order valence-corrected chi connectivity index (χ1v) is 5.92. The van der Waals surface area contributed by atoms with Gasteiger partial charge in [-0.2, -0.15) is 0 Å². The molecule has 1 amide bonds. The molecule has 0 aliphatic rings. The molecule has 0 atom stereocenters. The van der Waals surface area contributed by atoms with Gasteiger partial charge in [-0.05, 0) is 13.0 Å². The van der Waals surface area contributed by atoms with Gasteiger partial charge in [0.05, 0.1) is 16.1 Å². The van der Waals surface area contributed by atoms with Crippen molar-refractivity contribution in [1.82, 2.24) is 4.98 Å². The molecule has 0 spiro atoms. The second-order valence-corrected chi connectivity index (χ2v) is 4.35. The van der Waals surface area contributed by atoms with Crippen molar-refractivity contribution in [3.63, 3.8) is 0 Å². The van der Waals surface area contributed by atoms with E-state index in [-0.39, 0.29) is 17.3 Å². The average Bonchev–Trinajstić information content (AvgIpc) is 2.76. The third kappa shape index (κ3) is 2.35. The van der Waals surface area contributed by atoms with Crippen LogP contribution in [0.3, 0.4) is 0 Å². The molecular weight excluding hydrogens is 254 g/mol. The SMILES string of the molecule is Cc1ncsc1C(=O)Nc1ccccc1[N+](=O)[O-]. The van der Waals surface area contributed by atoms with Gasteiger partial charge in [0.1, 0.15) is 10.6 Å². The molecule has 0 fully saturated rings. The summed E-state index contributed by atoms with van der Waals surface area (Å²) in [6.07, 6.45) is 0. The minimum atomic E-state index is -0.533. The van der Waals surface area contributed by atoms with Crippen LogP contribution in [-0.4, -0.2) is 15.8 Å². The van der Waals surface area contributed by atoms with Gasteiger partial charge in [-0.15, -0.1) is 11.3 Å². The zero-order valence-electron chi connectivity index (χ0n) is 9.41. The second kappa shape index (κ2) is 4.92. The lowest BCUT2D eigenvalue weighted by Gasteiger charge is -2.04. The topological polar surface area (TPSA) is 85.1 Å². The highest BCUT2D eigenvalue weighted by Gasteiger charge is 2.17. The van der Waals surface area contributed by atoms with Crippen LogP contribution >= 0.6 is 11.3 Å². The molecule has 1 heterocycles. The fourth-order valence-corrected chi connectivity index (χ4v) is 2.14. The molecule has 2 aromatic rings. The Bertz CT molecular complexity index is 609. The van der Waals surface area contributed by atoms with E-state index in [9.17, 15) is 14.9 Å². The van der Waals surface area contributed by atoms with Crippen molar-refractivity contribution in [1.29, 1.82) is 0 Å². The fraction of sp³-hybridized carbons (Fsp3) is 0.0909. The number of nitro benzene ring substituents is 1. The lowest BCUT2D eigenvalue weighted by atomic mass is 10.2. The molecule has 0 saturated carbocycles. The highest BCUT2D eigenvalue weighted by atomic mass is 32.1. The summed E-state index contributed by atoms with van der Waals surface area (Å²) in [7, 11) is 0. The van der Waals surface area contributed by atoms with Crippen LogP contribution in [0.25, 0.3) is 0 Å². The molecule has 0 radical (unpaired) electrons. The predicted octanol–water partition coefficient (Wildman–Crippen LogP) is 2.61. The highest BCUT2D eigenvalue weighted by molar-refractivity contribution is 7.12. The summed E-state index contributed by atoms with van der Waals surface area (Å²) in [5.41, 5.74) is 2.22. The molecular formula is C11H9N3O3S. The zero-order chi connectivity index (χ0) is 13.1. The minimum absolute atomic E-state index is 0.131. The fourth-order valence-electron chi connectivity index (χ4n) is 1.44. The standard InChI is InChI=1S/C11H9N3O3S/c1-7-10(18-6-12-7)11(15)13-8-4-2-3-5-9(8)14(16)17/h2-6H,1H3,(H,13,15). The normalized spacial score (nSPS) is 10.1. The summed E-state index contributed by atoms with van der Waals surface area (Å²) in [5, 5.41) is 13.3. The third-order valence-electron chi connectivity index (χ3n) is 2.30. The Hall–Kier alpha value is -2.28. The van der Waals surface area contributed by atoms with E-state index in [0.717, 1.165) is 0 Å². The summed E-state index contributed by atoms with van der Waals surface area (Å²) in [5.74, 6) is -0.385. The number of aromatic nitrogens is 1. The van der Waals surface area contributed by atoms with E-state index in [2.05, 4.69) is 10.3 Å². The number of anilines is 1. The molecule has 6 nitrogen and oxygen atoms in total. The molecule has 2 rings (SSSR count). The van der Waals surface area contributed by atoms with Gasteiger partial charge >= 0.3 is 0 Å². The van der Waals surface area contributed by atoms with Crippen LogP contribution in [0.2, 0.25) is 0 Å². The van der Waals surface area contributed by atoms with Crippen molar-refractivity contribution in [3.05, 3.63) is 50.5 Å². The van der Waals surface area contributed by atoms with Gasteiger partial charge < -0.3 is 5.32 Å². The number of hydrogen-bond donors (Lipinski definition) is 1. The highest BCUT2D eigenvalue weighted by Crippen LogP contribution is 2.24. The van der Waals surface area contributed by atoms with Crippen LogP contribution < -0.4 is 5.32 Å². The summed E-state index contributed by atoms with van der Waals surface area (Å²) < 4.78 is 0. The lowest BCUT2D eigenvalue weighted by Crippen LogP contribution is -2.12. The van der Waals surface area contributed by atoms with E-state index < -0.39 is 4.92 Å². The number of amides is 1. The van der Waals surface area contributed by atoms with Crippen molar-refractivity contribution in [2.24, 2.45) is 0 Å². The van der Waals surface area contributed by atoms with Crippen molar-refractivity contribution < 1.29 is 9.72 Å². The first-order chi connectivity index (χ1) is 8.59. The molecule has 18 heavy (non-hydrogen) atoms. The molecule has 92 valence electrons. The van der Waals surface area contributed by atoms with E-state index in [1.165, 1.54) is 23.5 Å². The van der Waals surface area contributed by atoms with Gasteiger partial charge in [-0.25, -0.2) is 4.98 Å². The van der Waals surface area contributed by atoms with Crippen molar-refractivity contribution in [2.45, 2.75) is 6.92 Å². The number of nitro groups is 1. The second-order valence-electron chi connectivity index (χ2n) is 3.50. The summed E-state index contributed by atoms with van der Waals surface area (Å²) in [6, 6.07) is 6.01. The Balaban J connectivity index is 2.28. The van der Waals surface area contributed by atoms with E-state index in [0.29, 0.717) is 10.6 Å². The van der Waals surface area contributed by atoms with Gasteiger partial charge in [0.25, 0.3) is 11.6 Å². The number of aryl methyl sites for hydroxylation is 1. The first-order valence-electron chi connectivity index (χ1n) is 5.04. The van der Waals surface area contributed by atoms with Crippen LogP contribution in [0, 0.1) is 17.0 Å². The maximum Gasteiger partial charge on any atom is 0.292 e. The number of carbonyl (C=O) groups is 1. The van der Waals surface area contributed by atoms with E-state index in [1.807, 2.05) is 0 Å².